The van der Waals surface area contributed by atoms with Crippen LogP contribution in [0.1, 0.15) is 16.8 Å². The minimum atomic E-state index is -0.180. The van der Waals surface area contributed by atoms with Crippen LogP contribution in [0.3, 0.4) is 0 Å². The number of hydrogen-bond acceptors (Lipinski definition) is 4. The molecule has 22 heavy (non-hydrogen) atoms. The molecule has 3 aromatic rings. The van der Waals surface area contributed by atoms with Gasteiger partial charge in [0.1, 0.15) is 5.56 Å². The van der Waals surface area contributed by atoms with E-state index in [-0.39, 0.29) is 5.91 Å². The molecule has 1 N–H and O–H groups in total. The second-order valence-corrected chi connectivity index (χ2v) is 4.81. The molecule has 112 valence electrons. The number of nitrogens with one attached hydrogen (secondary N) is 1. The maximum atomic E-state index is 12.2. The molecule has 0 unspecified atom stereocenters. The summed E-state index contributed by atoms with van der Waals surface area (Å²) in [6.07, 6.45) is 5.89. The van der Waals surface area contributed by atoms with E-state index in [0.29, 0.717) is 17.9 Å². The van der Waals surface area contributed by atoms with Crippen LogP contribution in [0.4, 0.5) is 0 Å². The summed E-state index contributed by atoms with van der Waals surface area (Å²) >= 11 is 0. The van der Waals surface area contributed by atoms with Crippen LogP contribution < -0.4 is 5.32 Å². The Morgan fingerprint density at radius 3 is 2.86 bits per heavy atom. The third kappa shape index (κ3) is 3.22. The van der Waals surface area contributed by atoms with Crippen molar-refractivity contribution in [3.8, 4) is 11.3 Å². The molecule has 0 saturated carbocycles. The molecule has 2 aromatic heterocycles. The largest absolute Gasteiger partial charge is 0.355 e. The van der Waals surface area contributed by atoms with Gasteiger partial charge in [-0.2, -0.15) is 5.10 Å². The molecule has 0 radical (unpaired) electrons. The van der Waals surface area contributed by atoms with Gasteiger partial charge in [0.05, 0.1) is 6.20 Å². The Bertz CT molecular complexity index is 720. The lowest BCUT2D eigenvalue weighted by atomic mass is 10.1. The van der Waals surface area contributed by atoms with Gasteiger partial charge in [-0.3, -0.25) is 9.48 Å². The third-order valence-electron chi connectivity index (χ3n) is 3.26. The van der Waals surface area contributed by atoms with E-state index in [1.807, 2.05) is 47.3 Å². The van der Waals surface area contributed by atoms with Gasteiger partial charge in [-0.25, -0.2) is 0 Å². The first-order valence-corrected chi connectivity index (χ1v) is 7.10. The number of benzene rings is 1. The smallest absolute Gasteiger partial charge is 0.256 e. The van der Waals surface area contributed by atoms with Gasteiger partial charge in [-0.05, 0) is 12.5 Å². The van der Waals surface area contributed by atoms with Crippen molar-refractivity contribution >= 4 is 5.91 Å². The number of carbonyl (C=O) groups excluding carboxylic acids is 1. The van der Waals surface area contributed by atoms with E-state index in [4.69, 9.17) is 4.52 Å². The minimum Gasteiger partial charge on any atom is -0.355 e. The van der Waals surface area contributed by atoms with Crippen molar-refractivity contribution in [2.75, 3.05) is 6.54 Å². The van der Waals surface area contributed by atoms with E-state index in [1.54, 1.807) is 6.20 Å². The SMILES string of the molecule is O=C(NCCCn1cccn1)c1cnoc1-c1ccccc1. The highest BCUT2D eigenvalue weighted by Crippen LogP contribution is 2.22. The molecule has 2 heterocycles. The molecule has 1 amide bonds. The first kappa shape index (κ1) is 14.1. The second kappa shape index (κ2) is 6.71. The van der Waals surface area contributed by atoms with Crippen molar-refractivity contribution in [3.63, 3.8) is 0 Å². The fourth-order valence-corrected chi connectivity index (χ4v) is 2.17. The molecule has 0 spiro atoms. The highest BCUT2D eigenvalue weighted by atomic mass is 16.5. The van der Waals surface area contributed by atoms with Gasteiger partial charge in [0.15, 0.2) is 5.76 Å². The quantitative estimate of drug-likeness (QED) is 0.709. The normalized spacial score (nSPS) is 10.5. The monoisotopic (exact) mass is 296 g/mol. The number of aromatic nitrogens is 3. The van der Waals surface area contributed by atoms with Gasteiger partial charge in [0.2, 0.25) is 0 Å². The summed E-state index contributed by atoms with van der Waals surface area (Å²) in [7, 11) is 0. The highest BCUT2D eigenvalue weighted by Gasteiger charge is 2.17. The molecule has 1 aromatic carbocycles. The lowest BCUT2D eigenvalue weighted by molar-refractivity contribution is 0.0953. The van der Waals surface area contributed by atoms with Gasteiger partial charge in [-0.15, -0.1) is 0 Å². The predicted molar refractivity (Wildman–Crippen MR) is 81.1 cm³/mol. The maximum Gasteiger partial charge on any atom is 0.256 e. The topological polar surface area (TPSA) is 73.0 Å². The van der Waals surface area contributed by atoms with Gasteiger partial charge >= 0.3 is 0 Å². The van der Waals surface area contributed by atoms with Crippen LogP contribution in [-0.2, 0) is 6.54 Å². The van der Waals surface area contributed by atoms with Crippen LogP contribution in [-0.4, -0.2) is 27.4 Å². The van der Waals surface area contributed by atoms with Crippen LogP contribution in [0, 0.1) is 0 Å². The fourth-order valence-electron chi connectivity index (χ4n) is 2.17. The number of aryl methyl sites for hydroxylation is 1. The van der Waals surface area contributed by atoms with Crippen LogP contribution in [0.5, 0.6) is 0 Å². The average Bonchev–Trinajstić information content (AvgIpc) is 3.23. The lowest BCUT2D eigenvalue weighted by Gasteiger charge is -2.05. The van der Waals surface area contributed by atoms with E-state index in [0.717, 1.165) is 18.5 Å². The molecule has 0 aliphatic heterocycles. The Labute approximate surface area is 127 Å². The van der Waals surface area contributed by atoms with E-state index < -0.39 is 0 Å². The van der Waals surface area contributed by atoms with Crippen LogP contribution in [0.15, 0.2) is 59.5 Å². The zero-order chi connectivity index (χ0) is 15.2. The summed E-state index contributed by atoms with van der Waals surface area (Å²) in [5.74, 6) is 0.311. The summed E-state index contributed by atoms with van der Waals surface area (Å²) in [5.41, 5.74) is 1.28. The van der Waals surface area contributed by atoms with Crippen molar-refractivity contribution in [3.05, 3.63) is 60.6 Å². The molecule has 6 nitrogen and oxygen atoms in total. The predicted octanol–water partition coefficient (Wildman–Crippen LogP) is 2.36. The average molecular weight is 296 g/mol. The Morgan fingerprint density at radius 2 is 2.09 bits per heavy atom. The summed E-state index contributed by atoms with van der Waals surface area (Å²) in [6.45, 7) is 1.33. The first-order valence-electron chi connectivity index (χ1n) is 7.10. The van der Waals surface area contributed by atoms with E-state index in [1.165, 1.54) is 6.20 Å². The number of carbonyl (C=O) groups is 1. The van der Waals surface area contributed by atoms with Gasteiger partial charge < -0.3 is 9.84 Å². The molecule has 0 aliphatic rings. The summed E-state index contributed by atoms with van der Waals surface area (Å²) < 4.78 is 7.05. The van der Waals surface area contributed by atoms with Crippen molar-refractivity contribution in [2.24, 2.45) is 0 Å². The number of hydrogen-bond donors (Lipinski definition) is 1. The number of nitrogens with zero attached hydrogens (tertiary/aromatic N) is 3. The Hall–Kier alpha value is -2.89. The van der Waals surface area contributed by atoms with E-state index in [9.17, 15) is 4.79 Å². The minimum absolute atomic E-state index is 0.180. The standard InChI is InChI=1S/C16H16N4O2/c21-16(17-8-4-10-20-11-5-9-18-20)14-12-19-22-15(14)13-6-2-1-3-7-13/h1-3,5-7,9,11-12H,4,8,10H2,(H,17,21). The molecular formula is C16H16N4O2. The summed E-state index contributed by atoms with van der Waals surface area (Å²) in [4.78, 5) is 12.2. The molecule has 0 bridgehead atoms. The van der Waals surface area contributed by atoms with Crippen molar-refractivity contribution in [2.45, 2.75) is 13.0 Å². The first-order chi connectivity index (χ1) is 10.8. The zero-order valence-corrected chi connectivity index (χ0v) is 12.0. The van der Waals surface area contributed by atoms with E-state index >= 15 is 0 Å². The summed E-state index contributed by atoms with van der Waals surface area (Å²) in [6, 6.07) is 11.3. The fraction of sp³-hybridized carbons (Fsp3) is 0.188. The highest BCUT2D eigenvalue weighted by molar-refractivity contribution is 5.99. The van der Waals surface area contributed by atoms with Gasteiger partial charge in [0, 0.05) is 31.0 Å². The second-order valence-electron chi connectivity index (χ2n) is 4.81. The Kier molecular flexibility index (Phi) is 4.29. The van der Waals surface area contributed by atoms with Gasteiger partial charge in [-0.1, -0.05) is 35.5 Å². The van der Waals surface area contributed by atoms with Crippen molar-refractivity contribution in [1.82, 2.24) is 20.3 Å². The van der Waals surface area contributed by atoms with Crippen molar-refractivity contribution < 1.29 is 9.32 Å². The number of rotatable bonds is 6. The van der Waals surface area contributed by atoms with Gasteiger partial charge in [0.25, 0.3) is 5.91 Å². The van der Waals surface area contributed by atoms with Crippen LogP contribution in [0.25, 0.3) is 11.3 Å². The summed E-state index contributed by atoms with van der Waals surface area (Å²) in [5, 5.41) is 10.7. The molecular weight excluding hydrogens is 280 g/mol. The van der Waals surface area contributed by atoms with E-state index in [2.05, 4.69) is 15.6 Å². The zero-order valence-electron chi connectivity index (χ0n) is 12.0. The molecule has 0 atom stereocenters. The molecule has 3 rings (SSSR count). The molecule has 0 fully saturated rings. The molecule has 0 saturated heterocycles. The molecule has 0 aliphatic carbocycles. The van der Waals surface area contributed by atoms with Crippen LogP contribution in [0.2, 0.25) is 0 Å². The Morgan fingerprint density at radius 1 is 1.23 bits per heavy atom. The lowest BCUT2D eigenvalue weighted by Crippen LogP contribution is -2.25. The Balaban J connectivity index is 1.58. The third-order valence-corrected chi connectivity index (χ3v) is 3.26. The molecule has 6 heteroatoms. The van der Waals surface area contributed by atoms with Crippen LogP contribution >= 0.6 is 0 Å². The number of amides is 1. The van der Waals surface area contributed by atoms with Crippen molar-refractivity contribution in [1.29, 1.82) is 0 Å². The maximum absolute atomic E-state index is 12.2.